The lowest BCUT2D eigenvalue weighted by atomic mass is 9.95. The van der Waals surface area contributed by atoms with E-state index in [-0.39, 0.29) is 23.9 Å². The van der Waals surface area contributed by atoms with E-state index < -0.39 is 17.6 Å². The van der Waals surface area contributed by atoms with E-state index in [1.54, 1.807) is 4.90 Å². The second kappa shape index (κ2) is 7.65. The molecule has 0 radical (unpaired) electrons. The molecule has 8 heteroatoms. The molecule has 0 spiro atoms. The van der Waals surface area contributed by atoms with E-state index in [4.69, 9.17) is 4.74 Å². The average molecular weight is 370 g/mol. The molecule has 0 aliphatic carbocycles. The Balaban J connectivity index is 1.73. The molecule has 2 saturated heterocycles. The van der Waals surface area contributed by atoms with Crippen molar-refractivity contribution in [3.05, 3.63) is 35.4 Å². The summed E-state index contributed by atoms with van der Waals surface area (Å²) in [6.45, 7) is 2.51. The fourth-order valence-electron chi connectivity index (χ4n) is 3.49. The van der Waals surface area contributed by atoms with Crippen LogP contribution in [0.15, 0.2) is 24.3 Å². The molecule has 1 atom stereocenters. The Kier molecular flexibility index (Phi) is 5.50. The van der Waals surface area contributed by atoms with Crippen LogP contribution in [0, 0.1) is 5.92 Å². The second-order valence-corrected chi connectivity index (χ2v) is 6.57. The minimum Gasteiger partial charge on any atom is -0.378 e. The molecule has 0 saturated carbocycles. The van der Waals surface area contributed by atoms with E-state index in [1.807, 2.05) is 0 Å². The van der Waals surface area contributed by atoms with Gasteiger partial charge in [-0.05, 0) is 25.0 Å². The average Bonchev–Trinajstić information content (AvgIpc) is 2.67. The van der Waals surface area contributed by atoms with Crippen LogP contribution < -0.4 is 0 Å². The first-order valence-corrected chi connectivity index (χ1v) is 8.70. The van der Waals surface area contributed by atoms with Crippen molar-refractivity contribution >= 4 is 11.8 Å². The summed E-state index contributed by atoms with van der Waals surface area (Å²) in [4.78, 5) is 28.4. The van der Waals surface area contributed by atoms with Crippen molar-refractivity contribution in [3.8, 4) is 0 Å². The Morgan fingerprint density at radius 2 is 1.73 bits per heavy atom. The number of ether oxygens (including phenoxy) is 1. The summed E-state index contributed by atoms with van der Waals surface area (Å²) < 4.78 is 44.8. The van der Waals surface area contributed by atoms with Gasteiger partial charge in [-0.1, -0.05) is 12.1 Å². The van der Waals surface area contributed by atoms with Crippen molar-refractivity contribution in [3.63, 3.8) is 0 Å². The maximum Gasteiger partial charge on any atom is 0.417 e. The van der Waals surface area contributed by atoms with Crippen LogP contribution in [0.25, 0.3) is 0 Å². The summed E-state index contributed by atoms with van der Waals surface area (Å²) in [5.74, 6) is -1.09. The van der Waals surface area contributed by atoms with Crippen molar-refractivity contribution in [2.24, 2.45) is 5.92 Å². The molecule has 1 aromatic carbocycles. The molecule has 2 amide bonds. The number of hydrogen-bond acceptors (Lipinski definition) is 3. The number of carbonyl (C=O) groups is 2. The highest BCUT2D eigenvalue weighted by atomic mass is 19.4. The highest BCUT2D eigenvalue weighted by molar-refractivity contribution is 5.96. The number of rotatable bonds is 2. The van der Waals surface area contributed by atoms with E-state index >= 15 is 0 Å². The molecular formula is C18H21F3N2O3. The lowest BCUT2D eigenvalue weighted by molar-refractivity contribution is -0.141. The Morgan fingerprint density at radius 3 is 2.42 bits per heavy atom. The molecule has 3 rings (SSSR count). The number of piperidine rings is 1. The maximum absolute atomic E-state index is 13.2. The van der Waals surface area contributed by atoms with Crippen LogP contribution in [0.2, 0.25) is 0 Å². The number of carbonyl (C=O) groups excluding carboxylic acids is 2. The molecule has 1 unspecified atom stereocenters. The van der Waals surface area contributed by atoms with Gasteiger partial charge in [-0.15, -0.1) is 0 Å². The monoisotopic (exact) mass is 370 g/mol. The van der Waals surface area contributed by atoms with Gasteiger partial charge in [0.05, 0.1) is 30.3 Å². The predicted molar refractivity (Wildman–Crippen MR) is 87.5 cm³/mol. The largest absolute Gasteiger partial charge is 0.417 e. The molecule has 2 fully saturated rings. The third kappa shape index (κ3) is 4.00. The molecule has 26 heavy (non-hydrogen) atoms. The summed E-state index contributed by atoms with van der Waals surface area (Å²) in [5, 5.41) is 0. The van der Waals surface area contributed by atoms with Gasteiger partial charge in [-0.3, -0.25) is 9.59 Å². The van der Waals surface area contributed by atoms with Gasteiger partial charge < -0.3 is 14.5 Å². The molecule has 2 aliphatic rings. The number of halogens is 3. The van der Waals surface area contributed by atoms with Gasteiger partial charge in [-0.2, -0.15) is 13.2 Å². The predicted octanol–water partition coefficient (Wildman–Crippen LogP) is 2.42. The molecular weight excluding hydrogens is 349 g/mol. The summed E-state index contributed by atoms with van der Waals surface area (Å²) in [6, 6.07) is 4.79. The number of hydrogen-bond donors (Lipinski definition) is 0. The summed E-state index contributed by atoms with van der Waals surface area (Å²) in [6.07, 6.45) is -3.35. The first-order valence-electron chi connectivity index (χ1n) is 8.70. The first kappa shape index (κ1) is 18.7. The zero-order valence-corrected chi connectivity index (χ0v) is 14.3. The van der Waals surface area contributed by atoms with Crippen LogP contribution in [-0.2, 0) is 15.7 Å². The van der Waals surface area contributed by atoms with Gasteiger partial charge in [0.15, 0.2) is 0 Å². The summed E-state index contributed by atoms with van der Waals surface area (Å²) >= 11 is 0. The van der Waals surface area contributed by atoms with Crippen molar-refractivity contribution in [2.45, 2.75) is 19.0 Å². The number of amides is 2. The number of benzene rings is 1. The van der Waals surface area contributed by atoms with E-state index in [9.17, 15) is 22.8 Å². The van der Waals surface area contributed by atoms with Crippen molar-refractivity contribution in [2.75, 3.05) is 39.4 Å². The number of nitrogens with zero attached hydrogens (tertiary/aromatic N) is 2. The van der Waals surface area contributed by atoms with Crippen LogP contribution in [0.5, 0.6) is 0 Å². The normalized spacial score (nSPS) is 21.6. The zero-order chi connectivity index (χ0) is 18.7. The number of morpholine rings is 1. The minimum absolute atomic E-state index is 0.0464. The van der Waals surface area contributed by atoms with Crippen LogP contribution in [0.3, 0.4) is 0 Å². The summed E-state index contributed by atoms with van der Waals surface area (Å²) in [5.41, 5.74) is -1.30. The van der Waals surface area contributed by atoms with Crippen LogP contribution >= 0.6 is 0 Å². The van der Waals surface area contributed by atoms with Gasteiger partial charge in [0.1, 0.15) is 0 Å². The zero-order valence-electron chi connectivity index (χ0n) is 14.3. The fraction of sp³-hybridized carbons (Fsp3) is 0.556. The van der Waals surface area contributed by atoms with Crippen molar-refractivity contribution in [1.29, 1.82) is 0 Å². The topological polar surface area (TPSA) is 49.9 Å². The standard InChI is InChI=1S/C18H21F3N2O3/c19-18(20,21)15-6-2-1-5-14(15)17(25)23-7-3-4-13(12-23)16(24)22-8-10-26-11-9-22/h1-2,5-6,13H,3-4,7-12H2. The fourth-order valence-corrected chi connectivity index (χ4v) is 3.49. The molecule has 0 aromatic heterocycles. The molecule has 5 nitrogen and oxygen atoms in total. The van der Waals surface area contributed by atoms with Crippen LogP contribution in [0.1, 0.15) is 28.8 Å². The van der Waals surface area contributed by atoms with Gasteiger partial charge in [0.25, 0.3) is 5.91 Å². The number of alkyl halides is 3. The van der Waals surface area contributed by atoms with Crippen molar-refractivity contribution < 1.29 is 27.5 Å². The maximum atomic E-state index is 13.2. The molecule has 0 N–H and O–H groups in total. The van der Waals surface area contributed by atoms with E-state index in [0.717, 1.165) is 6.07 Å². The minimum atomic E-state index is -4.59. The Hall–Kier alpha value is -2.09. The van der Waals surface area contributed by atoms with E-state index in [0.29, 0.717) is 45.7 Å². The molecule has 2 heterocycles. The molecule has 142 valence electrons. The Labute approximate surface area is 149 Å². The Morgan fingerprint density at radius 1 is 1.04 bits per heavy atom. The quantitative estimate of drug-likeness (QED) is 0.803. The highest BCUT2D eigenvalue weighted by Crippen LogP contribution is 2.33. The molecule has 1 aromatic rings. The molecule has 2 aliphatic heterocycles. The van der Waals surface area contributed by atoms with Crippen molar-refractivity contribution in [1.82, 2.24) is 9.80 Å². The number of likely N-dealkylation sites (tertiary alicyclic amines) is 1. The summed E-state index contributed by atoms with van der Waals surface area (Å²) in [7, 11) is 0. The van der Waals surface area contributed by atoms with E-state index in [2.05, 4.69) is 0 Å². The molecule has 0 bridgehead atoms. The third-order valence-electron chi connectivity index (χ3n) is 4.84. The lowest BCUT2D eigenvalue weighted by Gasteiger charge is -2.36. The second-order valence-electron chi connectivity index (χ2n) is 6.57. The van der Waals surface area contributed by atoms with Crippen LogP contribution in [0.4, 0.5) is 13.2 Å². The van der Waals surface area contributed by atoms with Gasteiger partial charge in [0.2, 0.25) is 5.91 Å². The lowest BCUT2D eigenvalue weighted by Crippen LogP contribution is -2.49. The van der Waals surface area contributed by atoms with Gasteiger partial charge in [-0.25, -0.2) is 0 Å². The highest BCUT2D eigenvalue weighted by Gasteiger charge is 2.38. The van der Waals surface area contributed by atoms with Gasteiger partial charge in [0, 0.05) is 26.2 Å². The first-order chi connectivity index (χ1) is 12.4. The third-order valence-corrected chi connectivity index (χ3v) is 4.84. The smallest absolute Gasteiger partial charge is 0.378 e. The van der Waals surface area contributed by atoms with Crippen LogP contribution in [-0.4, -0.2) is 61.0 Å². The van der Waals surface area contributed by atoms with E-state index in [1.165, 1.54) is 23.1 Å². The SMILES string of the molecule is O=C(c1ccccc1C(F)(F)F)N1CCCC(C(=O)N2CCOCC2)C1. The Bertz CT molecular complexity index is 672. The van der Waals surface area contributed by atoms with Gasteiger partial charge >= 0.3 is 6.18 Å².